The van der Waals surface area contributed by atoms with Gasteiger partial charge in [0, 0.05) is 18.0 Å². The van der Waals surface area contributed by atoms with Gasteiger partial charge in [0.1, 0.15) is 16.8 Å². The van der Waals surface area contributed by atoms with Crippen LogP contribution in [0.2, 0.25) is 0 Å². The van der Waals surface area contributed by atoms with Crippen molar-refractivity contribution < 1.29 is 27.5 Å². The number of hydrogen-bond acceptors (Lipinski definition) is 6. The van der Waals surface area contributed by atoms with Crippen molar-refractivity contribution in [3.05, 3.63) is 70.1 Å². The van der Waals surface area contributed by atoms with Crippen LogP contribution >= 0.6 is 11.8 Å². The summed E-state index contributed by atoms with van der Waals surface area (Å²) in [6.45, 7) is 5.06. The monoisotopic (exact) mass is 504 g/mol. The summed E-state index contributed by atoms with van der Waals surface area (Å²) in [4.78, 5) is 31.0. The van der Waals surface area contributed by atoms with Crippen molar-refractivity contribution in [1.29, 1.82) is 5.26 Å². The fourth-order valence-electron chi connectivity index (χ4n) is 3.70. The van der Waals surface area contributed by atoms with Crippen LogP contribution in [0.4, 0.5) is 18.0 Å². The van der Waals surface area contributed by atoms with E-state index in [1.165, 1.54) is 11.8 Å². The van der Waals surface area contributed by atoms with Gasteiger partial charge in [-0.25, -0.2) is 14.6 Å². The molecule has 0 bridgehead atoms. The smallest absolute Gasteiger partial charge is 0.433 e. The number of nitrogens with one attached hydrogen (secondary N) is 1. The van der Waals surface area contributed by atoms with E-state index >= 15 is 0 Å². The van der Waals surface area contributed by atoms with Gasteiger partial charge in [0.25, 0.3) is 0 Å². The fourth-order valence-corrected chi connectivity index (χ4v) is 4.80. The molecule has 35 heavy (non-hydrogen) atoms. The summed E-state index contributed by atoms with van der Waals surface area (Å²) < 4.78 is 45.3. The number of nitriles is 1. The van der Waals surface area contributed by atoms with Crippen LogP contribution in [0, 0.1) is 18.3 Å². The molecule has 2 heterocycles. The molecule has 2 amide bonds. The SMILES string of the molecule is CCOC(=O)C1=C(CSc2nc(C(F)(F)F)cc(C)c2C#N)N(CC)C(=O)NC1c1ccccc1. The number of thioether (sulfide) groups is 1. The minimum absolute atomic E-state index is 0.00389. The van der Waals surface area contributed by atoms with E-state index in [1.54, 1.807) is 44.2 Å². The van der Waals surface area contributed by atoms with E-state index in [2.05, 4.69) is 10.3 Å². The van der Waals surface area contributed by atoms with Crippen LogP contribution in [0.25, 0.3) is 0 Å². The van der Waals surface area contributed by atoms with Crippen molar-refractivity contribution in [3.63, 3.8) is 0 Å². The van der Waals surface area contributed by atoms with Gasteiger partial charge in [-0.1, -0.05) is 42.1 Å². The van der Waals surface area contributed by atoms with Gasteiger partial charge in [-0.2, -0.15) is 18.4 Å². The topological polar surface area (TPSA) is 95.3 Å². The summed E-state index contributed by atoms with van der Waals surface area (Å²) in [6, 6.07) is 10.3. The quantitative estimate of drug-likeness (QED) is 0.422. The van der Waals surface area contributed by atoms with Crippen LogP contribution in [-0.4, -0.2) is 40.8 Å². The molecule has 0 spiro atoms. The van der Waals surface area contributed by atoms with Crippen LogP contribution < -0.4 is 5.32 Å². The van der Waals surface area contributed by atoms with E-state index in [-0.39, 0.29) is 46.3 Å². The van der Waals surface area contributed by atoms with Gasteiger partial charge in [0.05, 0.1) is 23.8 Å². The van der Waals surface area contributed by atoms with Crippen LogP contribution in [0.1, 0.15) is 42.3 Å². The van der Waals surface area contributed by atoms with Crippen molar-refractivity contribution in [1.82, 2.24) is 15.2 Å². The Labute approximate surface area is 205 Å². The summed E-state index contributed by atoms with van der Waals surface area (Å²) in [6.07, 6.45) is -4.69. The number of carbonyl (C=O) groups excluding carboxylic acids is 2. The fraction of sp³-hybridized carbons (Fsp3) is 0.333. The average Bonchev–Trinajstić information content (AvgIpc) is 2.82. The molecule has 184 valence electrons. The number of esters is 1. The van der Waals surface area contributed by atoms with Crippen LogP contribution in [-0.2, 0) is 15.7 Å². The summed E-state index contributed by atoms with van der Waals surface area (Å²) in [5.41, 5.74) is 0.125. The lowest BCUT2D eigenvalue weighted by molar-refractivity contribution is -0.141. The summed E-state index contributed by atoms with van der Waals surface area (Å²) in [5, 5.41) is 12.2. The first-order valence-corrected chi connectivity index (χ1v) is 11.8. The molecular formula is C24H23F3N4O3S. The summed E-state index contributed by atoms with van der Waals surface area (Å²) in [5.74, 6) is -0.731. The highest BCUT2D eigenvalue weighted by molar-refractivity contribution is 7.99. The number of alkyl halides is 3. The predicted molar refractivity (Wildman–Crippen MR) is 123 cm³/mol. The number of pyridine rings is 1. The third-order valence-electron chi connectivity index (χ3n) is 5.31. The molecule has 2 aromatic rings. The molecular weight excluding hydrogens is 481 g/mol. The summed E-state index contributed by atoms with van der Waals surface area (Å²) in [7, 11) is 0. The molecule has 1 unspecified atom stereocenters. The van der Waals surface area contributed by atoms with Crippen molar-refractivity contribution in [2.45, 2.75) is 38.0 Å². The highest BCUT2D eigenvalue weighted by Crippen LogP contribution is 2.37. The molecule has 7 nitrogen and oxygen atoms in total. The largest absolute Gasteiger partial charge is 0.463 e. The maximum absolute atomic E-state index is 13.4. The lowest BCUT2D eigenvalue weighted by Crippen LogP contribution is -2.49. The number of ether oxygens (including phenoxy) is 1. The Kier molecular flexibility index (Phi) is 8.07. The molecule has 1 aliphatic rings. The number of carbonyl (C=O) groups is 2. The first kappa shape index (κ1) is 26.1. The molecule has 1 aromatic heterocycles. The number of benzene rings is 1. The molecule has 3 rings (SSSR count). The van der Waals surface area contributed by atoms with Gasteiger partial charge in [0.15, 0.2) is 0 Å². The van der Waals surface area contributed by atoms with E-state index in [0.29, 0.717) is 5.56 Å². The number of nitrogens with zero attached hydrogens (tertiary/aromatic N) is 3. The molecule has 1 aromatic carbocycles. The third-order valence-corrected chi connectivity index (χ3v) is 6.30. The van der Waals surface area contributed by atoms with E-state index in [1.807, 2.05) is 6.07 Å². The number of hydrogen-bond donors (Lipinski definition) is 1. The third kappa shape index (κ3) is 5.59. The Bertz CT molecular complexity index is 1190. The maximum Gasteiger partial charge on any atom is 0.433 e. The van der Waals surface area contributed by atoms with Crippen molar-refractivity contribution in [2.24, 2.45) is 0 Å². The summed E-state index contributed by atoms with van der Waals surface area (Å²) >= 11 is 0.859. The van der Waals surface area contributed by atoms with Crippen LogP contribution in [0.15, 0.2) is 52.7 Å². The molecule has 0 radical (unpaired) electrons. The zero-order valence-corrected chi connectivity index (χ0v) is 20.1. The highest BCUT2D eigenvalue weighted by Gasteiger charge is 2.38. The zero-order chi connectivity index (χ0) is 25.8. The standard InChI is InChI=1S/C24H23F3N4O3S/c1-4-31-17(13-35-21-16(12-28)14(3)11-18(29-21)24(25,26)27)19(22(32)34-5-2)20(30-23(31)33)15-9-7-6-8-10-15/h6-11,20H,4-5,13H2,1-3H3,(H,30,33). The molecule has 1 N–H and O–H groups in total. The Morgan fingerprint density at radius 2 is 1.97 bits per heavy atom. The van der Waals surface area contributed by atoms with Crippen LogP contribution in [0.3, 0.4) is 0 Å². The molecule has 11 heteroatoms. The van der Waals surface area contributed by atoms with E-state index < -0.39 is 29.9 Å². The van der Waals surface area contributed by atoms with E-state index in [9.17, 15) is 28.0 Å². The minimum Gasteiger partial charge on any atom is -0.463 e. The first-order chi connectivity index (χ1) is 16.6. The van der Waals surface area contributed by atoms with Crippen molar-refractivity contribution >= 4 is 23.8 Å². The van der Waals surface area contributed by atoms with Gasteiger partial charge in [0.2, 0.25) is 0 Å². The molecule has 0 aliphatic carbocycles. The second-order valence-electron chi connectivity index (χ2n) is 7.52. The molecule has 0 saturated heterocycles. The zero-order valence-electron chi connectivity index (χ0n) is 19.3. The molecule has 1 atom stereocenters. The lowest BCUT2D eigenvalue weighted by atomic mass is 9.95. The number of halogens is 3. The Morgan fingerprint density at radius 1 is 1.29 bits per heavy atom. The number of rotatable bonds is 7. The lowest BCUT2D eigenvalue weighted by Gasteiger charge is -2.36. The van der Waals surface area contributed by atoms with Gasteiger partial charge in [-0.05, 0) is 38.0 Å². The molecule has 1 aliphatic heterocycles. The number of aromatic nitrogens is 1. The number of urea groups is 1. The van der Waals surface area contributed by atoms with Gasteiger partial charge in [-0.3, -0.25) is 4.90 Å². The normalized spacial score (nSPS) is 16.1. The Hall–Kier alpha value is -3.52. The number of aryl methyl sites for hydroxylation is 1. The molecule has 0 fully saturated rings. The predicted octanol–water partition coefficient (Wildman–Crippen LogP) is 4.98. The van der Waals surface area contributed by atoms with E-state index in [4.69, 9.17) is 4.74 Å². The second kappa shape index (κ2) is 10.8. The van der Waals surface area contributed by atoms with Gasteiger partial charge < -0.3 is 10.1 Å². The first-order valence-electron chi connectivity index (χ1n) is 10.8. The second-order valence-corrected chi connectivity index (χ2v) is 8.49. The Morgan fingerprint density at radius 3 is 2.54 bits per heavy atom. The molecule has 0 saturated carbocycles. The minimum atomic E-state index is -4.69. The van der Waals surface area contributed by atoms with Crippen LogP contribution in [0.5, 0.6) is 0 Å². The maximum atomic E-state index is 13.4. The van der Waals surface area contributed by atoms with Gasteiger partial charge in [-0.15, -0.1) is 0 Å². The van der Waals surface area contributed by atoms with E-state index in [0.717, 1.165) is 17.8 Å². The average molecular weight is 505 g/mol. The Balaban J connectivity index is 2.13. The van der Waals surface area contributed by atoms with Crippen molar-refractivity contribution in [3.8, 4) is 6.07 Å². The number of amides is 2. The highest BCUT2D eigenvalue weighted by atomic mass is 32.2. The van der Waals surface area contributed by atoms with Crippen molar-refractivity contribution in [2.75, 3.05) is 18.9 Å². The van der Waals surface area contributed by atoms with Gasteiger partial charge >= 0.3 is 18.2 Å².